The van der Waals surface area contributed by atoms with Crippen LogP contribution >= 0.6 is 27.5 Å². The zero-order valence-corrected chi connectivity index (χ0v) is 13.5. The second-order valence-corrected chi connectivity index (χ2v) is 5.85. The highest BCUT2D eigenvalue weighted by atomic mass is 79.9. The van der Waals surface area contributed by atoms with Gasteiger partial charge in [-0.15, -0.1) is 0 Å². The van der Waals surface area contributed by atoms with E-state index in [2.05, 4.69) is 26.3 Å². The number of hydrogen-bond donors (Lipinski definition) is 1. The van der Waals surface area contributed by atoms with Crippen LogP contribution in [0.2, 0.25) is 5.02 Å². The molecule has 106 valence electrons. The summed E-state index contributed by atoms with van der Waals surface area (Å²) in [5.74, 6) is 0. The van der Waals surface area contributed by atoms with E-state index in [0.717, 1.165) is 26.4 Å². The monoisotopic (exact) mass is 361 g/mol. The van der Waals surface area contributed by atoms with Crippen LogP contribution in [0.4, 0.5) is 5.69 Å². The summed E-state index contributed by atoms with van der Waals surface area (Å²) >= 11 is 9.50. The molecule has 1 aromatic heterocycles. The van der Waals surface area contributed by atoms with Gasteiger partial charge in [0.2, 0.25) is 0 Å². The average molecular weight is 363 g/mol. The van der Waals surface area contributed by atoms with Gasteiger partial charge < -0.3 is 5.32 Å². The van der Waals surface area contributed by atoms with Crippen LogP contribution in [0.25, 0.3) is 5.69 Å². The highest BCUT2D eigenvalue weighted by Gasteiger charge is 2.05. The molecule has 3 nitrogen and oxygen atoms in total. The first kappa shape index (κ1) is 14.2. The number of benzene rings is 2. The minimum Gasteiger partial charge on any atom is -0.379 e. The third-order valence-corrected chi connectivity index (χ3v) is 4.11. The summed E-state index contributed by atoms with van der Waals surface area (Å²) in [5, 5.41) is 8.45. The van der Waals surface area contributed by atoms with Crippen molar-refractivity contribution in [1.29, 1.82) is 0 Å². The van der Waals surface area contributed by atoms with E-state index in [1.54, 1.807) is 6.20 Å². The molecule has 0 spiro atoms. The molecule has 0 amide bonds. The van der Waals surface area contributed by atoms with Crippen LogP contribution in [-0.2, 0) is 6.54 Å². The maximum absolute atomic E-state index is 5.96. The predicted octanol–water partition coefficient (Wildman–Crippen LogP) is 4.90. The van der Waals surface area contributed by atoms with E-state index in [0.29, 0.717) is 6.54 Å². The van der Waals surface area contributed by atoms with Crippen LogP contribution in [0.1, 0.15) is 5.56 Å². The summed E-state index contributed by atoms with van der Waals surface area (Å²) < 4.78 is 2.85. The van der Waals surface area contributed by atoms with Crippen LogP contribution < -0.4 is 5.32 Å². The molecule has 1 heterocycles. The normalized spacial score (nSPS) is 10.6. The number of nitrogens with one attached hydrogen (secondary N) is 1. The minimum atomic E-state index is 0.704. The molecule has 0 aliphatic carbocycles. The van der Waals surface area contributed by atoms with Gasteiger partial charge in [0.05, 0.1) is 11.4 Å². The number of rotatable bonds is 4. The maximum atomic E-state index is 5.96. The molecule has 0 bridgehead atoms. The number of hydrogen-bond acceptors (Lipinski definition) is 2. The van der Waals surface area contributed by atoms with Crippen molar-refractivity contribution in [2.24, 2.45) is 0 Å². The molecule has 0 saturated heterocycles. The summed E-state index contributed by atoms with van der Waals surface area (Å²) in [6, 6.07) is 15.8. The van der Waals surface area contributed by atoms with E-state index < -0.39 is 0 Å². The Kier molecular flexibility index (Phi) is 4.27. The van der Waals surface area contributed by atoms with Gasteiger partial charge in [-0.05, 0) is 35.9 Å². The molecule has 3 aromatic rings. The lowest BCUT2D eigenvalue weighted by molar-refractivity contribution is 0.879. The lowest BCUT2D eigenvalue weighted by Gasteiger charge is -2.13. The van der Waals surface area contributed by atoms with Crippen molar-refractivity contribution < 1.29 is 0 Å². The van der Waals surface area contributed by atoms with Gasteiger partial charge in [0.15, 0.2) is 0 Å². The second-order valence-electron chi connectivity index (χ2n) is 4.56. The van der Waals surface area contributed by atoms with Crippen LogP contribution in [0.3, 0.4) is 0 Å². The van der Waals surface area contributed by atoms with Crippen molar-refractivity contribution in [3.8, 4) is 5.69 Å². The summed E-state index contributed by atoms with van der Waals surface area (Å²) in [5.41, 5.74) is 3.20. The van der Waals surface area contributed by atoms with Crippen molar-refractivity contribution in [2.45, 2.75) is 6.54 Å². The van der Waals surface area contributed by atoms with E-state index >= 15 is 0 Å². The fourth-order valence-electron chi connectivity index (χ4n) is 2.09. The van der Waals surface area contributed by atoms with E-state index in [4.69, 9.17) is 11.6 Å². The Morgan fingerprint density at radius 3 is 2.76 bits per heavy atom. The van der Waals surface area contributed by atoms with Crippen LogP contribution in [0.15, 0.2) is 65.4 Å². The number of nitrogens with zero attached hydrogens (tertiary/aromatic N) is 2. The summed E-state index contributed by atoms with van der Waals surface area (Å²) in [4.78, 5) is 0. The topological polar surface area (TPSA) is 29.9 Å². The third kappa shape index (κ3) is 3.28. The standard InChI is InChI=1S/C16H13BrClN3/c17-14-10-13(18)7-6-12(14)11-19-15-4-1-2-5-16(15)21-9-3-8-20-21/h1-10,19H,11H2. The van der Waals surface area contributed by atoms with Crippen molar-refractivity contribution in [3.63, 3.8) is 0 Å². The predicted molar refractivity (Wildman–Crippen MR) is 90.0 cm³/mol. The Morgan fingerprint density at radius 1 is 1.14 bits per heavy atom. The van der Waals surface area contributed by atoms with Gasteiger partial charge in [0.25, 0.3) is 0 Å². The molecule has 2 aromatic carbocycles. The van der Waals surface area contributed by atoms with Crippen molar-refractivity contribution in [3.05, 3.63) is 76.0 Å². The van der Waals surface area contributed by atoms with Crippen molar-refractivity contribution in [2.75, 3.05) is 5.32 Å². The Balaban J connectivity index is 1.83. The van der Waals surface area contributed by atoms with Crippen molar-refractivity contribution >= 4 is 33.2 Å². The molecule has 0 aliphatic heterocycles. The first-order valence-electron chi connectivity index (χ1n) is 6.51. The molecular weight excluding hydrogens is 350 g/mol. The van der Waals surface area contributed by atoms with Crippen LogP contribution in [0, 0.1) is 0 Å². The SMILES string of the molecule is Clc1ccc(CNc2ccccc2-n2cccn2)c(Br)c1. The third-order valence-electron chi connectivity index (χ3n) is 3.14. The maximum Gasteiger partial charge on any atom is 0.0876 e. The number of anilines is 1. The lowest BCUT2D eigenvalue weighted by Crippen LogP contribution is -2.05. The number of para-hydroxylation sites is 2. The molecule has 21 heavy (non-hydrogen) atoms. The van der Waals surface area contributed by atoms with E-state index in [1.807, 2.05) is 59.4 Å². The zero-order valence-electron chi connectivity index (χ0n) is 11.1. The molecule has 0 radical (unpaired) electrons. The van der Waals surface area contributed by atoms with Crippen molar-refractivity contribution in [1.82, 2.24) is 9.78 Å². The minimum absolute atomic E-state index is 0.704. The molecule has 0 unspecified atom stereocenters. The summed E-state index contributed by atoms with van der Waals surface area (Å²) in [7, 11) is 0. The fraction of sp³-hybridized carbons (Fsp3) is 0.0625. The van der Waals surface area contributed by atoms with E-state index in [1.165, 1.54) is 0 Å². The summed E-state index contributed by atoms with van der Waals surface area (Å²) in [6.07, 6.45) is 3.70. The molecule has 0 atom stereocenters. The van der Waals surface area contributed by atoms with Gasteiger partial charge in [-0.25, -0.2) is 4.68 Å². The molecule has 0 fully saturated rings. The fourth-order valence-corrected chi connectivity index (χ4v) is 2.91. The van der Waals surface area contributed by atoms with Gasteiger partial charge in [-0.3, -0.25) is 0 Å². The lowest BCUT2D eigenvalue weighted by atomic mass is 10.2. The van der Waals surface area contributed by atoms with Crippen LogP contribution in [-0.4, -0.2) is 9.78 Å². The van der Waals surface area contributed by atoms with Gasteiger partial charge in [0.1, 0.15) is 0 Å². The van der Waals surface area contributed by atoms with E-state index in [9.17, 15) is 0 Å². The zero-order chi connectivity index (χ0) is 14.7. The first-order valence-corrected chi connectivity index (χ1v) is 7.68. The summed E-state index contributed by atoms with van der Waals surface area (Å²) in [6.45, 7) is 0.704. The molecule has 5 heteroatoms. The Morgan fingerprint density at radius 2 is 2.00 bits per heavy atom. The number of halogens is 2. The van der Waals surface area contributed by atoms with Crippen LogP contribution in [0.5, 0.6) is 0 Å². The average Bonchev–Trinajstić information content (AvgIpc) is 3.01. The molecule has 3 rings (SSSR count). The Hall–Kier alpha value is -1.78. The van der Waals surface area contributed by atoms with Gasteiger partial charge >= 0.3 is 0 Å². The molecule has 0 saturated carbocycles. The van der Waals surface area contributed by atoms with Gasteiger partial charge in [-0.1, -0.05) is 45.7 Å². The molecular formula is C16H13BrClN3. The molecule has 1 N–H and O–H groups in total. The second kappa shape index (κ2) is 6.33. The largest absolute Gasteiger partial charge is 0.379 e. The first-order chi connectivity index (χ1) is 10.2. The van der Waals surface area contributed by atoms with E-state index in [-0.39, 0.29) is 0 Å². The number of aromatic nitrogens is 2. The van der Waals surface area contributed by atoms with Gasteiger partial charge in [0, 0.05) is 28.4 Å². The van der Waals surface area contributed by atoms with Gasteiger partial charge in [-0.2, -0.15) is 5.10 Å². The highest BCUT2D eigenvalue weighted by Crippen LogP contribution is 2.24. The Bertz CT molecular complexity index is 741. The smallest absolute Gasteiger partial charge is 0.0876 e. The highest BCUT2D eigenvalue weighted by molar-refractivity contribution is 9.10. The quantitative estimate of drug-likeness (QED) is 0.715. The Labute approximate surface area is 136 Å². The molecule has 0 aliphatic rings.